The molecular weight excluding hydrogens is 328 g/mol. The van der Waals surface area contributed by atoms with Gasteiger partial charge in [-0.05, 0) is 29.5 Å². The average molecular weight is 354 g/mol. The molecule has 1 aliphatic heterocycles. The van der Waals surface area contributed by atoms with Gasteiger partial charge in [0, 0.05) is 33.1 Å². The predicted octanol–water partition coefficient (Wildman–Crippen LogP) is 2.60. The lowest BCUT2D eigenvalue weighted by molar-refractivity contribution is -0.128. The van der Waals surface area contributed by atoms with Crippen molar-refractivity contribution in [3.8, 4) is 0 Å². The summed E-state index contributed by atoms with van der Waals surface area (Å²) in [5.74, 6) is 0.348. The molecule has 1 aromatic carbocycles. The van der Waals surface area contributed by atoms with Crippen molar-refractivity contribution < 1.29 is 9.59 Å². The molecule has 138 valence electrons. The van der Waals surface area contributed by atoms with Crippen molar-refractivity contribution in [1.82, 2.24) is 20.0 Å². The van der Waals surface area contributed by atoms with E-state index in [4.69, 9.17) is 0 Å². The van der Waals surface area contributed by atoms with Crippen LogP contribution in [0, 0.1) is 0 Å². The number of aromatic nitrogens is 2. The van der Waals surface area contributed by atoms with Crippen LogP contribution in [0.1, 0.15) is 59.9 Å². The molecule has 0 radical (unpaired) electrons. The third-order valence-corrected chi connectivity index (χ3v) is 4.81. The van der Waals surface area contributed by atoms with Crippen LogP contribution in [0.15, 0.2) is 30.3 Å². The van der Waals surface area contributed by atoms with E-state index in [1.54, 1.807) is 11.7 Å². The van der Waals surface area contributed by atoms with E-state index in [0.29, 0.717) is 25.2 Å². The highest BCUT2D eigenvalue weighted by Crippen LogP contribution is 2.18. The molecule has 0 atom stereocenters. The standard InChI is InChI=1S/C20H26N4O2/c1-14(2)17-11-18(23(3)22-17)20(26)21-12-15-7-4-5-8-16(15)13-24-10-6-9-19(24)25/h4-5,7-8,11,14H,6,9-10,12-13H2,1-3H3,(H,21,26). The Kier molecular flexibility index (Phi) is 5.40. The van der Waals surface area contributed by atoms with Crippen LogP contribution in [0.5, 0.6) is 0 Å². The van der Waals surface area contributed by atoms with Crippen molar-refractivity contribution in [2.45, 2.75) is 45.7 Å². The minimum absolute atomic E-state index is 0.140. The number of rotatable bonds is 6. The molecule has 0 unspecified atom stereocenters. The summed E-state index contributed by atoms with van der Waals surface area (Å²) in [6, 6.07) is 9.79. The average Bonchev–Trinajstić information content (AvgIpc) is 3.20. The van der Waals surface area contributed by atoms with Gasteiger partial charge in [0.05, 0.1) is 5.69 Å². The molecule has 0 saturated carbocycles. The van der Waals surface area contributed by atoms with Gasteiger partial charge in [0.2, 0.25) is 5.91 Å². The Morgan fingerprint density at radius 2 is 2.00 bits per heavy atom. The lowest BCUT2D eigenvalue weighted by Crippen LogP contribution is -2.27. The fourth-order valence-corrected chi connectivity index (χ4v) is 3.21. The van der Waals surface area contributed by atoms with E-state index >= 15 is 0 Å². The van der Waals surface area contributed by atoms with Crippen LogP contribution < -0.4 is 5.32 Å². The fourth-order valence-electron chi connectivity index (χ4n) is 3.21. The first kappa shape index (κ1) is 18.2. The maximum absolute atomic E-state index is 12.5. The summed E-state index contributed by atoms with van der Waals surface area (Å²) >= 11 is 0. The first-order valence-electron chi connectivity index (χ1n) is 9.12. The molecule has 2 aromatic rings. The number of nitrogens with one attached hydrogen (secondary N) is 1. The van der Waals surface area contributed by atoms with Crippen molar-refractivity contribution in [3.05, 3.63) is 52.8 Å². The summed E-state index contributed by atoms with van der Waals surface area (Å²) in [4.78, 5) is 26.3. The van der Waals surface area contributed by atoms with Crippen LogP contribution in [-0.2, 0) is 24.9 Å². The minimum Gasteiger partial charge on any atom is -0.347 e. The Morgan fingerprint density at radius 1 is 1.27 bits per heavy atom. The molecule has 26 heavy (non-hydrogen) atoms. The number of carbonyl (C=O) groups excluding carboxylic acids is 2. The fraction of sp³-hybridized carbons (Fsp3) is 0.450. The van der Waals surface area contributed by atoms with Crippen molar-refractivity contribution >= 4 is 11.8 Å². The van der Waals surface area contributed by atoms with Crippen LogP contribution >= 0.6 is 0 Å². The number of hydrogen-bond acceptors (Lipinski definition) is 3. The second kappa shape index (κ2) is 7.72. The van der Waals surface area contributed by atoms with Gasteiger partial charge in [-0.2, -0.15) is 5.10 Å². The van der Waals surface area contributed by atoms with Gasteiger partial charge in [0.25, 0.3) is 5.91 Å². The van der Waals surface area contributed by atoms with E-state index in [9.17, 15) is 9.59 Å². The van der Waals surface area contributed by atoms with E-state index in [2.05, 4.69) is 24.3 Å². The highest BCUT2D eigenvalue weighted by atomic mass is 16.2. The maximum Gasteiger partial charge on any atom is 0.269 e. The largest absolute Gasteiger partial charge is 0.347 e. The zero-order valence-electron chi connectivity index (χ0n) is 15.7. The Morgan fingerprint density at radius 3 is 2.62 bits per heavy atom. The van der Waals surface area contributed by atoms with E-state index < -0.39 is 0 Å². The summed E-state index contributed by atoms with van der Waals surface area (Å²) in [7, 11) is 1.79. The number of nitrogens with zero attached hydrogens (tertiary/aromatic N) is 3. The lowest BCUT2D eigenvalue weighted by atomic mass is 10.1. The number of aryl methyl sites for hydroxylation is 1. The number of amides is 2. The third-order valence-electron chi connectivity index (χ3n) is 4.81. The van der Waals surface area contributed by atoms with Gasteiger partial charge < -0.3 is 10.2 Å². The normalized spacial score (nSPS) is 14.3. The SMILES string of the molecule is CC(C)c1cc(C(=O)NCc2ccccc2CN2CCCC2=O)n(C)n1. The highest BCUT2D eigenvalue weighted by Gasteiger charge is 2.21. The second-order valence-electron chi connectivity index (χ2n) is 7.10. The molecule has 1 aromatic heterocycles. The Hall–Kier alpha value is -2.63. The first-order valence-corrected chi connectivity index (χ1v) is 9.12. The molecule has 6 nitrogen and oxygen atoms in total. The molecule has 1 fully saturated rings. The highest BCUT2D eigenvalue weighted by molar-refractivity contribution is 5.92. The zero-order valence-corrected chi connectivity index (χ0v) is 15.7. The van der Waals surface area contributed by atoms with Crippen LogP contribution in [-0.4, -0.2) is 33.0 Å². The van der Waals surface area contributed by atoms with Gasteiger partial charge >= 0.3 is 0 Å². The summed E-state index contributed by atoms with van der Waals surface area (Å²) in [5, 5.41) is 7.37. The van der Waals surface area contributed by atoms with E-state index in [1.807, 2.05) is 35.2 Å². The Bertz CT molecular complexity index is 810. The summed E-state index contributed by atoms with van der Waals surface area (Å²) < 4.78 is 1.62. The topological polar surface area (TPSA) is 67.2 Å². The molecule has 1 saturated heterocycles. The van der Waals surface area contributed by atoms with Crippen molar-refractivity contribution in [1.29, 1.82) is 0 Å². The van der Waals surface area contributed by atoms with Crippen LogP contribution in [0.4, 0.5) is 0 Å². The molecule has 0 bridgehead atoms. The van der Waals surface area contributed by atoms with Crippen LogP contribution in [0.2, 0.25) is 0 Å². The van der Waals surface area contributed by atoms with E-state index in [-0.39, 0.29) is 17.7 Å². The van der Waals surface area contributed by atoms with E-state index in [1.165, 1.54) is 0 Å². The predicted molar refractivity (Wildman–Crippen MR) is 99.6 cm³/mol. The van der Waals surface area contributed by atoms with Crippen LogP contribution in [0.3, 0.4) is 0 Å². The van der Waals surface area contributed by atoms with Gasteiger partial charge in [-0.15, -0.1) is 0 Å². The lowest BCUT2D eigenvalue weighted by Gasteiger charge is -2.18. The van der Waals surface area contributed by atoms with Gasteiger partial charge in [0.15, 0.2) is 0 Å². The Labute approximate surface area is 154 Å². The molecule has 2 amide bonds. The summed E-state index contributed by atoms with van der Waals surface area (Å²) in [5.41, 5.74) is 3.58. The zero-order chi connectivity index (χ0) is 18.7. The van der Waals surface area contributed by atoms with Crippen molar-refractivity contribution in [2.24, 2.45) is 7.05 Å². The Balaban J connectivity index is 1.68. The third kappa shape index (κ3) is 3.95. The van der Waals surface area contributed by atoms with Crippen molar-refractivity contribution in [3.63, 3.8) is 0 Å². The van der Waals surface area contributed by atoms with E-state index in [0.717, 1.165) is 29.8 Å². The molecule has 6 heteroatoms. The quantitative estimate of drug-likeness (QED) is 0.867. The first-order chi connectivity index (χ1) is 12.5. The van der Waals surface area contributed by atoms with Crippen molar-refractivity contribution in [2.75, 3.05) is 6.54 Å². The minimum atomic E-state index is -0.140. The number of carbonyl (C=O) groups is 2. The molecule has 1 N–H and O–H groups in total. The summed E-state index contributed by atoms with van der Waals surface area (Å²) in [6.45, 7) is 5.96. The second-order valence-corrected chi connectivity index (χ2v) is 7.10. The molecule has 3 rings (SSSR count). The van der Waals surface area contributed by atoms with Gasteiger partial charge in [0.1, 0.15) is 5.69 Å². The number of benzene rings is 1. The molecular formula is C20H26N4O2. The molecule has 0 aliphatic carbocycles. The molecule has 2 heterocycles. The number of hydrogen-bond donors (Lipinski definition) is 1. The smallest absolute Gasteiger partial charge is 0.269 e. The van der Waals surface area contributed by atoms with Gasteiger partial charge in [-0.1, -0.05) is 38.1 Å². The monoisotopic (exact) mass is 354 g/mol. The summed E-state index contributed by atoms with van der Waals surface area (Å²) in [6.07, 6.45) is 1.56. The van der Waals surface area contributed by atoms with Gasteiger partial charge in [-0.25, -0.2) is 0 Å². The number of likely N-dealkylation sites (tertiary alicyclic amines) is 1. The van der Waals surface area contributed by atoms with Gasteiger partial charge in [-0.3, -0.25) is 14.3 Å². The molecule has 0 spiro atoms. The van der Waals surface area contributed by atoms with Crippen LogP contribution in [0.25, 0.3) is 0 Å². The molecule has 1 aliphatic rings. The maximum atomic E-state index is 12.5.